The summed E-state index contributed by atoms with van der Waals surface area (Å²) in [5.41, 5.74) is 6.69. The zero-order valence-electron chi connectivity index (χ0n) is 10.6. The van der Waals surface area contributed by atoms with Gasteiger partial charge < -0.3 is 15.8 Å². The fourth-order valence-electron chi connectivity index (χ4n) is 1.48. The predicted octanol–water partition coefficient (Wildman–Crippen LogP) is 1.61. The molecule has 0 aromatic heterocycles. The van der Waals surface area contributed by atoms with Crippen LogP contribution in [0.3, 0.4) is 0 Å². The highest BCUT2D eigenvalue weighted by Gasteiger charge is 2.14. The van der Waals surface area contributed by atoms with Crippen LogP contribution in [-0.4, -0.2) is 19.1 Å². The highest BCUT2D eigenvalue weighted by atomic mass is 16.5. The number of nitrogens with two attached hydrogens (primary N) is 1. The molecule has 1 aromatic carbocycles. The Kier molecular flexibility index (Phi) is 4.97. The first-order chi connectivity index (χ1) is 8.08. The van der Waals surface area contributed by atoms with Crippen molar-refractivity contribution >= 4 is 5.91 Å². The summed E-state index contributed by atoms with van der Waals surface area (Å²) in [6, 6.07) is 7.12. The second-order valence-electron chi connectivity index (χ2n) is 4.02. The topological polar surface area (TPSA) is 64.4 Å². The highest BCUT2D eigenvalue weighted by molar-refractivity contribution is 5.81. The molecule has 4 nitrogen and oxygen atoms in total. The number of ether oxygens (including phenoxy) is 1. The summed E-state index contributed by atoms with van der Waals surface area (Å²) >= 11 is 0. The molecule has 0 saturated carbocycles. The van der Waals surface area contributed by atoms with Crippen LogP contribution in [-0.2, 0) is 4.79 Å². The van der Waals surface area contributed by atoms with E-state index in [2.05, 4.69) is 5.32 Å². The molecule has 0 radical (unpaired) electrons. The molecule has 4 heteroatoms. The smallest absolute Gasteiger partial charge is 0.237 e. The van der Waals surface area contributed by atoms with Crippen molar-refractivity contribution in [3.8, 4) is 5.75 Å². The van der Waals surface area contributed by atoms with Crippen molar-refractivity contribution in [2.75, 3.05) is 7.11 Å². The van der Waals surface area contributed by atoms with E-state index in [1.54, 1.807) is 7.11 Å². The van der Waals surface area contributed by atoms with E-state index < -0.39 is 6.04 Å². The molecule has 2 atom stereocenters. The van der Waals surface area contributed by atoms with Crippen LogP contribution in [0.5, 0.6) is 5.75 Å². The Morgan fingerprint density at radius 3 is 2.47 bits per heavy atom. The fourth-order valence-corrected chi connectivity index (χ4v) is 1.48. The van der Waals surface area contributed by atoms with E-state index in [-0.39, 0.29) is 11.9 Å². The van der Waals surface area contributed by atoms with Gasteiger partial charge in [-0.1, -0.05) is 19.1 Å². The number of amides is 1. The lowest BCUT2D eigenvalue weighted by Gasteiger charge is -2.17. The van der Waals surface area contributed by atoms with Gasteiger partial charge in [0.2, 0.25) is 5.91 Å². The maximum absolute atomic E-state index is 11.6. The van der Waals surface area contributed by atoms with Crippen molar-refractivity contribution in [1.29, 1.82) is 0 Å². The molecule has 3 N–H and O–H groups in total. The van der Waals surface area contributed by atoms with Crippen LogP contribution in [0, 0.1) is 0 Å². The summed E-state index contributed by atoms with van der Waals surface area (Å²) in [6.45, 7) is 3.82. The summed E-state index contributed by atoms with van der Waals surface area (Å²) < 4.78 is 5.08. The zero-order chi connectivity index (χ0) is 12.8. The van der Waals surface area contributed by atoms with Gasteiger partial charge in [-0.3, -0.25) is 4.79 Å². The van der Waals surface area contributed by atoms with Crippen LogP contribution in [0.25, 0.3) is 0 Å². The van der Waals surface area contributed by atoms with Crippen molar-refractivity contribution in [2.24, 2.45) is 5.73 Å². The van der Waals surface area contributed by atoms with Crippen LogP contribution in [0.1, 0.15) is 31.9 Å². The van der Waals surface area contributed by atoms with Gasteiger partial charge in [-0.15, -0.1) is 0 Å². The van der Waals surface area contributed by atoms with Crippen molar-refractivity contribution in [1.82, 2.24) is 5.32 Å². The Hall–Kier alpha value is -1.55. The van der Waals surface area contributed by atoms with Crippen LogP contribution < -0.4 is 15.8 Å². The molecule has 0 spiro atoms. The molecule has 1 amide bonds. The Morgan fingerprint density at radius 1 is 1.41 bits per heavy atom. The van der Waals surface area contributed by atoms with Gasteiger partial charge in [0.15, 0.2) is 0 Å². The van der Waals surface area contributed by atoms with E-state index in [9.17, 15) is 4.79 Å². The lowest BCUT2D eigenvalue weighted by Crippen LogP contribution is -2.41. The van der Waals surface area contributed by atoms with Crippen molar-refractivity contribution in [3.63, 3.8) is 0 Å². The zero-order valence-corrected chi connectivity index (χ0v) is 10.6. The van der Waals surface area contributed by atoms with Gasteiger partial charge in [0.05, 0.1) is 19.2 Å². The fraction of sp³-hybridized carbons (Fsp3) is 0.462. The number of carbonyl (C=O) groups is 1. The first-order valence-electron chi connectivity index (χ1n) is 5.78. The summed E-state index contributed by atoms with van der Waals surface area (Å²) in [6.07, 6.45) is 0.640. The molecule has 0 aliphatic carbocycles. The Labute approximate surface area is 102 Å². The number of nitrogens with one attached hydrogen (secondary N) is 1. The maximum Gasteiger partial charge on any atom is 0.237 e. The van der Waals surface area contributed by atoms with Crippen LogP contribution in [0.15, 0.2) is 24.3 Å². The quantitative estimate of drug-likeness (QED) is 0.816. The number of hydrogen-bond acceptors (Lipinski definition) is 3. The third kappa shape index (κ3) is 3.75. The molecular formula is C13H20N2O2. The van der Waals surface area contributed by atoms with Crippen molar-refractivity contribution < 1.29 is 9.53 Å². The van der Waals surface area contributed by atoms with E-state index in [0.29, 0.717) is 6.42 Å². The van der Waals surface area contributed by atoms with Gasteiger partial charge in [0.1, 0.15) is 5.75 Å². The SMILES string of the molecule is CC[C@H](N)C(=O)N[C@H](C)c1ccc(OC)cc1. The average molecular weight is 236 g/mol. The molecule has 1 rings (SSSR count). The van der Waals surface area contributed by atoms with Crippen LogP contribution in [0.2, 0.25) is 0 Å². The predicted molar refractivity (Wildman–Crippen MR) is 67.8 cm³/mol. The first kappa shape index (κ1) is 13.5. The van der Waals surface area contributed by atoms with E-state index >= 15 is 0 Å². The molecule has 0 unspecified atom stereocenters. The Morgan fingerprint density at radius 2 is 2.00 bits per heavy atom. The molecule has 17 heavy (non-hydrogen) atoms. The highest BCUT2D eigenvalue weighted by Crippen LogP contribution is 2.17. The summed E-state index contributed by atoms with van der Waals surface area (Å²) in [4.78, 5) is 11.6. The minimum absolute atomic E-state index is 0.0500. The van der Waals surface area contributed by atoms with Gasteiger partial charge in [-0.25, -0.2) is 0 Å². The third-order valence-electron chi connectivity index (χ3n) is 2.75. The molecule has 94 valence electrons. The Bertz CT molecular complexity index is 362. The first-order valence-corrected chi connectivity index (χ1v) is 5.78. The second kappa shape index (κ2) is 6.25. The molecule has 0 aliphatic rings. The number of rotatable bonds is 5. The molecule has 0 heterocycles. The van der Waals surface area contributed by atoms with E-state index in [1.165, 1.54) is 0 Å². The van der Waals surface area contributed by atoms with Crippen LogP contribution in [0.4, 0.5) is 0 Å². The monoisotopic (exact) mass is 236 g/mol. The van der Waals surface area contributed by atoms with Gasteiger partial charge in [0.25, 0.3) is 0 Å². The lowest BCUT2D eigenvalue weighted by molar-refractivity contribution is -0.123. The van der Waals surface area contributed by atoms with E-state index in [1.807, 2.05) is 38.1 Å². The van der Waals surface area contributed by atoms with Crippen molar-refractivity contribution in [3.05, 3.63) is 29.8 Å². The number of methoxy groups -OCH3 is 1. The molecule has 0 aliphatic heterocycles. The second-order valence-corrected chi connectivity index (χ2v) is 4.02. The van der Waals surface area contributed by atoms with Crippen LogP contribution >= 0.6 is 0 Å². The summed E-state index contributed by atoms with van der Waals surface area (Å²) in [7, 11) is 1.63. The van der Waals surface area contributed by atoms with Crippen molar-refractivity contribution in [2.45, 2.75) is 32.4 Å². The normalized spacial score (nSPS) is 13.9. The summed E-state index contributed by atoms with van der Waals surface area (Å²) in [5.74, 6) is 0.688. The standard InChI is InChI=1S/C13H20N2O2/c1-4-12(14)13(16)15-9(2)10-5-7-11(17-3)8-6-10/h5-9,12H,4,14H2,1-3H3,(H,15,16)/t9-,12+/m1/s1. The molecule has 0 fully saturated rings. The third-order valence-corrected chi connectivity index (χ3v) is 2.75. The van der Waals surface area contributed by atoms with E-state index in [0.717, 1.165) is 11.3 Å². The largest absolute Gasteiger partial charge is 0.497 e. The number of carbonyl (C=O) groups excluding carboxylic acids is 1. The minimum atomic E-state index is -0.435. The van der Waals surface area contributed by atoms with Gasteiger partial charge in [0, 0.05) is 0 Å². The van der Waals surface area contributed by atoms with Gasteiger partial charge in [-0.05, 0) is 31.0 Å². The lowest BCUT2D eigenvalue weighted by atomic mass is 10.1. The summed E-state index contributed by atoms with van der Waals surface area (Å²) in [5, 5.41) is 2.88. The number of benzene rings is 1. The molecule has 1 aromatic rings. The molecule has 0 bridgehead atoms. The Balaban J connectivity index is 2.63. The molecular weight excluding hydrogens is 216 g/mol. The van der Waals surface area contributed by atoms with Gasteiger partial charge in [-0.2, -0.15) is 0 Å². The van der Waals surface area contributed by atoms with Gasteiger partial charge >= 0.3 is 0 Å². The minimum Gasteiger partial charge on any atom is -0.497 e. The maximum atomic E-state index is 11.6. The average Bonchev–Trinajstić information content (AvgIpc) is 2.37. The number of hydrogen-bond donors (Lipinski definition) is 2. The van der Waals surface area contributed by atoms with E-state index in [4.69, 9.17) is 10.5 Å². The molecule has 0 saturated heterocycles.